The van der Waals surface area contributed by atoms with E-state index in [4.69, 9.17) is 4.74 Å². The number of hydrogen-bond acceptors (Lipinski definition) is 3. The van der Waals surface area contributed by atoms with Crippen molar-refractivity contribution in [2.75, 3.05) is 18.0 Å². The number of aryl methyl sites for hydroxylation is 1. The van der Waals surface area contributed by atoms with Gasteiger partial charge in [-0.1, -0.05) is 36.4 Å². The van der Waals surface area contributed by atoms with Gasteiger partial charge in [0.1, 0.15) is 5.60 Å². The van der Waals surface area contributed by atoms with Crippen molar-refractivity contribution in [2.24, 2.45) is 0 Å². The lowest BCUT2D eigenvalue weighted by Crippen LogP contribution is -2.38. The van der Waals surface area contributed by atoms with Crippen molar-refractivity contribution in [3.8, 4) is 0 Å². The Hall–Kier alpha value is -2.82. The fourth-order valence-corrected chi connectivity index (χ4v) is 4.23. The summed E-state index contributed by atoms with van der Waals surface area (Å²) in [4.78, 5) is 29.0. The maximum absolute atomic E-state index is 12.7. The van der Waals surface area contributed by atoms with Crippen LogP contribution in [0.25, 0.3) is 0 Å². The lowest BCUT2D eigenvalue weighted by atomic mass is 9.93. The van der Waals surface area contributed by atoms with Crippen LogP contribution in [-0.2, 0) is 35.3 Å². The molecule has 4 rings (SSSR count). The minimum Gasteiger partial charge on any atom is -0.444 e. The van der Waals surface area contributed by atoms with Crippen LogP contribution < -0.4 is 4.90 Å². The summed E-state index contributed by atoms with van der Waals surface area (Å²) in [6, 6.07) is 14.6. The highest BCUT2D eigenvalue weighted by Gasteiger charge is 2.28. The number of nitrogens with zero attached hydrogens (tertiary/aromatic N) is 2. The van der Waals surface area contributed by atoms with Gasteiger partial charge in [0.2, 0.25) is 5.91 Å². The molecule has 2 aliphatic rings. The summed E-state index contributed by atoms with van der Waals surface area (Å²) < 4.78 is 5.56. The van der Waals surface area contributed by atoms with Crippen molar-refractivity contribution in [1.82, 2.24) is 4.90 Å². The van der Waals surface area contributed by atoms with Gasteiger partial charge in [0.25, 0.3) is 0 Å². The van der Waals surface area contributed by atoms with Gasteiger partial charge >= 0.3 is 6.09 Å². The third-order valence-electron chi connectivity index (χ3n) is 5.74. The highest BCUT2D eigenvalue weighted by atomic mass is 16.6. The van der Waals surface area contributed by atoms with Crippen LogP contribution in [0.4, 0.5) is 10.5 Å². The molecule has 5 heteroatoms. The molecule has 2 aromatic carbocycles. The normalized spacial score (nSPS) is 16.6. The second kappa shape index (κ2) is 8.13. The van der Waals surface area contributed by atoms with Crippen LogP contribution in [0.3, 0.4) is 0 Å². The van der Waals surface area contributed by atoms with E-state index in [1.807, 2.05) is 43.9 Å². The van der Waals surface area contributed by atoms with E-state index in [-0.39, 0.29) is 12.0 Å². The Balaban J connectivity index is 1.57. The molecule has 158 valence electrons. The molecule has 0 radical (unpaired) electrons. The van der Waals surface area contributed by atoms with E-state index in [0.29, 0.717) is 26.1 Å². The third kappa shape index (κ3) is 4.50. The highest BCUT2D eigenvalue weighted by Crippen LogP contribution is 2.33. The molecule has 2 heterocycles. The largest absolute Gasteiger partial charge is 0.444 e. The van der Waals surface area contributed by atoms with Gasteiger partial charge in [-0.05, 0) is 68.4 Å². The van der Waals surface area contributed by atoms with Crippen molar-refractivity contribution < 1.29 is 14.3 Å². The van der Waals surface area contributed by atoms with Crippen molar-refractivity contribution in [2.45, 2.75) is 58.6 Å². The van der Waals surface area contributed by atoms with Crippen molar-refractivity contribution in [3.63, 3.8) is 0 Å². The molecule has 0 saturated heterocycles. The molecule has 0 saturated carbocycles. The van der Waals surface area contributed by atoms with Crippen LogP contribution >= 0.6 is 0 Å². The Bertz CT molecular complexity index is 947. The van der Waals surface area contributed by atoms with E-state index in [1.54, 1.807) is 4.90 Å². The molecule has 2 aromatic rings. The first kappa shape index (κ1) is 20.5. The molecule has 0 aliphatic carbocycles. The van der Waals surface area contributed by atoms with E-state index in [9.17, 15) is 9.59 Å². The van der Waals surface area contributed by atoms with Crippen LogP contribution in [0.2, 0.25) is 0 Å². The standard InChI is InChI=1S/C25H30N2O3/c1-25(2,3)30-24(29)26-13-11-19-15-21-9-10-23(28)27(17-18-7-5-4-6-8-18)22(21)16-20(19)12-14-26/h4-8,15-16H,9-14,17H2,1-3H3. The molecular weight excluding hydrogens is 376 g/mol. The minimum atomic E-state index is -0.492. The van der Waals surface area contributed by atoms with E-state index in [0.717, 1.165) is 30.5 Å². The summed E-state index contributed by atoms with van der Waals surface area (Å²) in [5.41, 5.74) is 5.41. The van der Waals surface area contributed by atoms with Crippen molar-refractivity contribution in [3.05, 3.63) is 64.7 Å². The van der Waals surface area contributed by atoms with Crippen LogP contribution in [0.5, 0.6) is 0 Å². The molecule has 2 amide bonds. The number of benzene rings is 2. The summed E-state index contributed by atoms with van der Waals surface area (Å²) >= 11 is 0. The molecule has 0 bridgehead atoms. The zero-order valence-corrected chi connectivity index (χ0v) is 18.1. The summed E-state index contributed by atoms with van der Waals surface area (Å²) in [6.45, 7) is 7.56. The number of carbonyl (C=O) groups excluding carboxylic acids is 2. The average Bonchev–Trinajstić information content (AvgIpc) is 2.90. The molecule has 30 heavy (non-hydrogen) atoms. The quantitative estimate of drug-likeness (QED) is 0.738. The van der Waals surface area contributed by atoms with Gasteiger partial charge < -0.3 is 14.5 Å². The smallest absolute Gasteiger partial charge is 0.410 e. The maximum atomic E-state index is 12.7. The summed E-state index contributed by atoms with van der Waals surface area (Å²) in [7, 11) is 0. The fraction of sp³-hybridized carbons (Fsp3) is 0.440. The van der Waals surface area contributed by atoms with E-state index in [1.165, 1.54) is 16.7 Å². The van der Waals surface area contributed by atoms with Gasteiger partial charge in [-0.15, -0.1) is 0 Å². The average molecular weight is 407 g/mol. The first-order valence-electron chi connectivity index (χ1n) is 10.8. The van der Waals surface area contributed by atoms with Gasteiger partial charge in [-0.2, -0.15) is 0 Å². The van der Waals surface area contributed by atoms with Gasteiger partial charge in [0.05, 0.1) is 6.54 Å². The first-order valence-corrected chi connectivity index (χ1v) is 10.8. The molecule has 0 atom stereocenters. The van der Waals surface area contributed by atoms with E-state index >= 15 is 0 Å². The maximum Gasteiger partial charge on any atom is 0.410 e. The molecule has 0 spiro atoms. The number of fused-ring (bicyclic) bond motifs is 2. The van der Waals surface area contributed by atoms with Gasteiger partial charge in [-0.25, -0.2) is 4.79 Å². The SMILES string of the molecule is CC(C)(C)OC(=O)N1CCc2cc3c(cc2CC1)N(Cc1ccccc1)C(=O)CC3. The fourth-order valence-electron chi connectivity index (χ4n) is 4.23. The number of anilines is 1. The number of ether oxygens (including phenoxy) is 1. The Labute approximate surface area is 178 Å². The number of amides is 2. The zero-order chi connectivity index (χ0) is 21.3. The highest BCUT2D eigenvalue weighted by molar-refractivity contribution is 5.96. The lowest BCUT2D eigenvalue weighted by Gasteiger charge is -2.31. The third-order valence-corrected chi connectivity index (χ3v) is 5.74. The van der Waals surface area contributed by atoms with Crippen LogP contribution in [0, 0.1) is 0 Å². The van der Waals surface area contributed by atoms with Crippen LogP contribution in [-0.4, -0.2) is 35.6 Å². The Morgan fingerprint density at radius 2 is 1.60 bits per heavy atom. The van der Waals surface area contributed by atoms with Crippen molar-refractivity contribution in [1.29, 1.82) is 0 Å². The first-order chi connectivity index (χ1) is 14.3. The molecule has 0 fully saturated rings. The van der Waals surface area contributed by atoms with Crippen LogP contribution in [0.1, 0.15) is 49.4 Å². The van der Waals surface area contributed by atoms with E-state index in [2.05, 4.69) is 24.3 Å². The Morgan fingerprint density at radius 1 is 0.933 bits per heavy atom. The van der Waals surface area contributed by atoms with Crippen LogP contribution in [0.15, 0.2) is 42.5 Å². The summed E-state index contributed by atoms with van der Waals surface area (Å²) in [5.74, 6) is 0.176. The minimum absolute atomic E-state index is 0.176. The summed E-state index contributed by atoms with van der Waals surface area (Å²) in [5, 5.41) is 0. The van der Waals surface area contributed by atoms with Gasteiger partial charge in [-0.3, -0.25) is 4.79 Å². The van der Waals surface area contributed by atoms with Gasteiger partial charge in [0.15, 0.2) is 0 Å². The van der Waals surface area contributed by atoms with Crippen molar-refractivity contribution >= 4 is 17.7 Å². The Morgan fingerprint density at radius 3 is 2.27 bits per heavy atom. The monoisotopic (exact) mass is 406 g/mol. The lowest BCUT2D eigenvalue weighted by molar-refractivity contribution is -0.119. The second-order valence-corrected chi connectivity index (χ2v) is 9.18. The predicted molar refractivity (Wildman–Crippen MR) is 118 cm³/mol. The molecule has 0 N–H and O–H groups in total. The number of hydrogen-bond donors (Lipinski definition) is 0. The molecule has 5 nitrogen and oxygen atoms in total. The molecular formula is C25H30N2O3. The molecule has 2 aliphatic heterocycles. The van der Waals surface area contributed by atoms with Gasteiger partial charge in [0, 0.05) is 25.2 Å². The Kier molecular flexibility index (Phi) is 5.54. The predicted octanol–water partition coefficient (Wildman–Crippen LogP) is 4.50. The molecule has 0 aromatic heterocycles. The number of carbonyl (C=O) groups is 2. The van der Waals surface area contributed by atoms with E-state index < -0.39 is 5.60 Å². The zero-order valence-electron chi connectivity index (χ0n) is 18.1. The topological polar surface area (TPSA) is 49.9 Å². The summed E-state index contributed by atoms with van der Waals surface area (Å²) in [6.07, 6.45) is 2.66. The second-order valence-electron chi connectivity index (χ2n) is 9.18. The number of rotatable bonds is 2. The molecule has 0 unspecified atom stereocenters.